The molecule has 3 fully saturated rings. The second-order valence-electron chi connectivity index (χ2n) is 15.5. The van der Waals surface area contributed by atoms with Gasteiger partial charge in [0.15, 0.2) is 17.2 Å². The van der Waals surface area contributed by atoms with Gasteiger partial charge in [-0.3, -0.25) is 4.79 Å². The average molecular weight is 888 g/mol. The van der Waals surface area contributed by atoms with E-state index in [-0.39, 0.29) is 52.3 Å². The maximum atomic E-state index is 13.1. The minimum absolute atomic E-state index is 0. The number of hydrogen-bond acceptors (Lipinski definition) is 11. The predicted molar refractivity (Wildman–Crippen MR) is 223 cm³/mol. The first-order chi connectivity index (χ1) is 24.7. The lowest BCUT2D eigenvalue weighted by Crippen LogP contribution is -2.68. The lowest BCUT2D eigenvalue weighted by atomic mass is 9.89. The molecule has 6 heterocycles. The van der Waals surface area contributed by atoms with Crippen LogP contribution in [0.4, 0.5) is 20.3 Å². The van der Waals surface area contributed by atoms with Crippen molar-refractivity contribution in [3.05, 3.63) is 52.7 Å². The van der Waals surface area contributed by atoms with E-state index in [1.54, 1.807) is 40.9 Å². The van der Waals surface area contributed by atoms with Crippen molar-refractivity contribution in [2.45, 2.75) is 103 Å². The molecular weight excluding hydrogens is 830 g/mol. The van der Waals surface area contributed by atoms with Gasteiger partial charge in [-0.2, -0.15) is 0 Å². The average Bonchev–Trinajstić information content (AvgIpc) is 3.73. The molecule has 2 radical (unpaired) electrons. The number of aliphatic hydroxyl groups is 2. The number of furan rings is 1. The molecule has 7 rings (SSSR count). The highest BCUT2D eigenvalue weighted by Gasteiger charge is 2.50. The van der Waals surface area contributed by atoms with E-state index in [2.05, 4.69) is 26.8 Å². The number of methoxy groups -OCH3 is 1. The van der Waals surface area contributed by atoms with Crippen molar-refractivity contribution in [2.75, 3.05) is 56.4 Å². The molecule has 1 spiro atoms. The van der Waals surface area contributed by atoms with Crippen molar-refractivity contribution in [1.29, 1.82) is 0 Å². The first kappa shape index (κ1) is 48.2. The third kappa shape index (κ3) is 12.0. The minimum Gasteiger partial charge on any atom is -0.450 e. The number of anilines is 2. The third-order valence-corrected chi connectivity index (χ3v) is 9.79. The quantitative estimate of drug-likeness (QED) is 0.189. The highest BCUT2D eigenvalue weighted by molar-refractivity contribution is 14.0. The van der Waals surface area contributed by atoms with E-state index in [1.165, 1.54) is 6.20 Å². The second kappa shape index (κ2) is 19.5. The number of alkyl halides is 2. The molecule has 0 amide bonds. The van der Waals surface area contributed by atoms with Gasteiger partial charge in [0.2, 0.25) is 0 Å². The lowest BCUT2D eigenvalue weighted by Gasteiger charge is -2.53. The first-order valence-electron chi connectivity index (χ1n) is 17.9. The number of aromatic nitrogens is 3. The summed E-state index contributed by atoms with van der Waals surface area (Å²) in [7, 11) is 7.45. The van der Waals surface area contributed by atoms with Crippen LogP contribution in [0.25, 0.3) is 22.1 Å². The van der Waals surface area contributed by atoms with Crippen LogP contribution in [0.15, 0.2) is 45.7 Å². The predicted octanol–water partition coefficient (Wildman–Crippen LogP) is 4.83. The van der Waals surface area contributed by atoms with Crippen molar-refractivity contribution in [3.63, 3.8) is 0 Å². The monoisotopic (exact) mass is 887 g/mol. The number of para-hydroxylation sites is 1. The summed E-state index contributed by atoms with van der Waals surface area (Å²) in [5.41, 5.74) is 0.427. The summed E-state index contributed by atoms with van der Waals surface area (Å²) >= 11 is 0. The van der Waals surface area contributed by atoms with Crippen molar-refractivity contribution in [2.24, 2.45) is 0 Å². The fraction of sp³-hybridized carbons (Fsp3) is 0.605. The van der Waals surface area contributed by atoms with Gasteiger partial charge >= 0.3 is 0 Å². The van der Waals surface area contributed by atoms with Crippen LogP contribution >= 0.6 is 24.0 Å². The van der Waals surface area contributed by atoms with Crippen LogP contribution < -0.4 is 20.8 Å². The standard InChI is InChI=1S/C15H13F2N3O.C12H15BN2O3.C6H14O2.C5H12O.HI.H2O/c16-13(17)14-18-11-9-5-1-2-6-10(9)21-12(11)15(19-14)20-7-3-4-8-20;1-8-12(6-17-7-12)18-3-2-15(8)10-4-9(13)5-14-11(10)16;1-5(2,7)6(3,4)8;1-5(2,3)6-4;;/h1-2,5-6,13H,3-4,7-8H2;4-5,8H,2-3,6-7H2,1H3,(H,14,16);7-8H,1-4H3;1-4H3;1H;1H2/t;8-;;;;/m.0..../s1. The molecule has 4 aromatic rings. The number of morpholine rings is 1. The van der Waals surface area contributed by atoms with E-state index in [0.29, 0.717) is 60.0 Å². The number of H-pyrrole nitrogens is 1. The summed E-state index contributed by atoms with van der Waals surface area (Å²) in [5, 5.41) is 19.0. The van der Waals surface area contributed by atoms with Gasteiger partial charge < -0.3 is 49.1 Å². The van der Waals surface area contributed by atoms with E-state index >= 15 is 0 Å². The third-order valence-electron chi connectivity index (χ3n) is 9.79. The Kier molecular flexibility index (Phi) is 17.1. The van der Waals surface area contributed by atoms with Gasteiger partial charge in [-0.15, -0.1) is 24.0 Å². The molecule has 3 aliphatic rings. The Morgan fingerprint density at radius 1 is 1.02 bits per heavy atom. The number of hydrogen-bond donors (Lipinski definition) is 3. The van der Waals surface area contributed by atoms with E-state index in [4.69, 9.17) is 36.7 Å². The number of halogens is 3. The van der Waals surface area contributed by atoms with Crippen molar-refractivity contribution < 1.29 is 43.1 Å². The van der Waals surface area contributed by atoms with Crippen molar-refractivity contribution in [1.82, 2.24) is 15.0 Å². The fourth-order valence-corrected chi connectivity index (χ4v) is 5.44. The smallest absolute Gasteiger partial charge is 0.297 e. The topological polar surface area (TPSA) is 178 Å². The van der Waals surface area contributed by atoms with Crippen LogP contribution in [0.3, 0.4) is 0 Å². The molecule has 3 aliphatic heterocycles. The summed E-state index contributed by atoms with van der Waals surface area (Å²) in [6.45, 7) is 18.5. The molecule has 17 heteroatoms. The highest BCUT2D eigenvalue weighted by atomic mass is 127. The summed E-state index contributed by atoms with van der Waals surface area (Å²) in [5.74, 6) is 0.0555. The maximum Gasteiger partial charge on any atom is 0.297 e. The number of nitrogens with zero attached hydrogens (tertiary/aromatic N) is 4. The molecule has 3 aromatic heterocycles. The molecule has 3 saturated heterocycles. The first-order valence-corrected chi connectivity index (χ1v) is 17.9. The van der Waals surface area contributed by atoms with Gasteiger partial charge in [0.1, 0.15) is 30.2 Å². The van der Waals surface area contributed by atoms with E-state index in [1.807, 2.05) is 49.9 Å². The molecule has 0 unspecified atom stereocenters. The van der Waals surface area contributed by atoms with E-state index < -0.39 is 23.5 Å². The molecule has 0 saturated carbocycles. The Balaban J connectivity index is 0.000000280. The molecule has 306 valence electrons. The minimum atomic E-state index is -2.69. The Labute approximate surface area is 339 Å². The normalized spacial score (nSPS) is 17.9. The van der Waals surface area contributed by atoms with Crippen molar-refractivity contribution in [3.8, 4) is 0 Å². The summed E-state index contributed by atoms with van der Waals surface area (Å²) in [4.78, 5) is 26.7. The molecule has 1 atom stereocenters. The van der Waals surface area contributed by atoms with Gasteiger partial charge in [0.05, 0.1) is 42.7 Å². The Hall–Kier alpha value is -2.94. The molecule has 0 bridgehead atoms. The summed E-state index contributed by atoms with van der Waals surface area (Å²) in [6.07, 6.45) is 0.898. The van der Waals surface area contributed by atoms with Crippen LogP contribution in [-0.4, -0.2) is 113 Å². The zero-order valence-corrected chi connectivity index (χ0v) is 35.6. The van der Waals surface area contributed by atoms with Crippen LogP contribution in [0.1, 0.15) is 80.5 Å². The fourth-order valence-electron chi connectivity index (χ4n) is 5.44. The molecule has 55 heavy (non-hydrogen) atoms. The van der Waals surface area contributed by atoms with E-state index in [9.17, 15) is 13.6 Å². The number of fused-ring (bicyclic) bond motifs is 3. The highest BCUT2D eigenvalue weighted by Crippen LogP contribution is 2.36. The van der Waals surface area contributed by atoms with Gasteiger partial charge in [-0.25, -0.2) is 18.7 Å². The lowest BCUT2D eigenvalue weighted by molar-refractivity contribution is -0.228. The molecule has 1 aromatic carbocycles. The Morgan fingerprint density at radius 2 is 1.60 bits per heavy atom. The van der Waals surface area contributed by atoms with Crippen LogP contribution in [-0.2, 0) is 14.2 Å². The number of aromatic amines is 1. The van der Waals surface area contributed by atoms with Crippen molar-refractivity contribution >= 4 is 70.9 Å². The van der Waals surface area contributed by atoms with Gasteiger partial charge in [-0.1, -0.05) is 17.6 Å². The molecule has 5 N–H and O–H groups in total. The molecular formula is C38H57BF2IN5O8. The molecule has 13 nitrogen and oxygen atoms in total. The number of nitrogens with one attached hydrogen (secondary N) is 1. The van der Waals surface area contributed by atoms with Crippen LogP contribution in [0.2, 0.25) is 0 Å². The number of pyridine rings is 1. The Morgan fingerprint density at radius 3 is 2.11 bits per heavy atom. The maximum absolute atomic E-state index is 13.1. The van der Waals surface area contributed by atoms with Gasteiger partial charge in [0, 0.05) is 32.1 Å². The van der Waals surface area contributed by atoms with Crippen LogP contribution in [0, 0.1) is 0 Å². The van der Waals surface area contributed by atoms with Gasteiger partial charge in [0.25, 0.3) is 12.0 Å². The largest absolute Gasteiger partial charge is 0.450 e. The zero-order valence-electron chi connectivity index (χ0n) is 33.2. The van der Waals surface area contributed by atoms with Crippen LogP contribution in [0.5, 0.6) is 0 Å². The van der Waals surface area contributed by atoms with Gasteiger partial charge in [-0.05, 0) is 92.6 Å². The molecule has 0 aliphatic carbocycles. The summed E-state index contributed by atoms with van der Waals surface area (Å²) < 4.78 is 48.0. The Bertz CT molecular complexity index is 1850. The SMILES string of the molecule is CC(C)(O)C(C)(C)O.COC(C)(C)C.FC(F)c1nc(N2CCCC2)c2oc3ccccc3c2n1.I.O.[B]c1c[nH]c(=O)c(N2CCOC3(COC3)[C@@H]2C)c1. The number of ether oxygens (including phenoxy) is 3. The number of benzene rings is 1. The van der Waals surface area contributed by atoms with E-state index in [0.717, 1.165) is 31.3 Å². The second-order valence-corrected chi connectivity index (χ2v) is 15.5. The summed E-state index contributed by atoms with van der Waals surface area (Å²) in [6, 6.07) is 9.15. The number of rotatable bonds is 4. The zero-order chi connectivity index (χ0) is 39.4.